The fraction of sp³-hybridized carbons (Fsp3) is 0.500. The third-order valence-electron chi connectivity index (χ3n) is 2.95. The number of nitrogens with zero attached hydrogens (tertiary/aromatic N) is 1. The van der Waals surface area contributed by atoms with E-state index in [0.29, 0.717) is 6.42 Å². The highest BCUT2D eigenvalue weighted by Crippen LogP contribution is 2.22. The Morgan fingerprint density at radius 1 is 1.35 bits per heavy atom. The van der Waals surface area contributed by atoms with E-state index in [1.807, 2.05) is 24.3 Å². The Bertz CT molecular complexity index is 632. The molecule has 0 bridgehead atoms. The van der Waals surface area contributed by atoms with E-state index in [4.69, 9.17) is 0 Å². The Labute approximate surface area is 124 Å². The van der Waals surface area contributed by atoms with Gasteiger partial charge in [0, 0.05) is 18.7 Å². The maximum absolute atomic E-state index is 11.5. The number of benzene rings is 1. The Morgan fingerprint density at radius 2 is 2.10 bits per heavy atom. The Hall–Kier alpha value is -0.980. The Kier molecular flexibility index (Phi) is 5.12. The molecule has 1 heterocycles. The van der Waals surface area contributed by atoms with Crippen LogP contribution in [0.25, 0.3) is 10.2 Å². The van der Waals surface area contributed by atoms with Gasteiger partial charge in [0.05, 0.1) is 21.0 Å². The normalized spacial score (nSPS) is 13.7. The first-order valence-electron chi connectivity index (χ1n) is 6.73. The lowest BCUT2D eigenvalue weighted by Gasteiger charge is -2.16. The molecule has 2 rings (SSSR count). The number of aromatic nitrogens is 1. The summed E-state index contributed by atoms with van der Waals surface area (Å²) in [5, 5.41) is 4.30. The first-order valence-corrected chi connectivity index (χ1v) is 9.61. The molecule has 1 unspecified atom stereocenters. The summed E-state index contributed by atoms with van der Waals surface area (Å²) in [5.41, 5.74) is 0.987. The third kappa shape index (κ3) is 4.54. The highest BCUT2D eigenvalue weighted by atomic mass is 32.2. The zero-order valence-electron chi connectivity index (χ0n) is 11.8. The van der Waals surface area contributed by atoms with E-state index >= 15 is 0 Å². The maximum atomic E-state index is 11.5. The highest BCUT2D eigenvalue weighted by molar-refractivity contribution is 7.90. The summed E-state index contributed by atoms with van der Waals surface area (Å²) < 4.78 is 24.2. The lowest BCUT2D eigenvalue weighted by atomic mass is 10.2. The molecule has 0 spiro atoms. The van der Waals surface area contributed by atoms with Gasteiger partial charge < -0.3 is 5.32 Å². The van der Waals surface area contributed by atoms with E-state index in [2.05, 4.69) is 17.2 Å². The molecule has 2 aromatic rings. The van der Waals surface area contributed by atoms with E-state index in [1.54, 1.807) is 11.3 Å². The topological polar surface area (TPSA) is 59.1 Å². The molecular weight excluding hydrogens is 292 g/mol. The van der Waals surface area contributed by atoms with Crippen molar-refractivity contribution >= 4 is 31.4 Å². The lowest BCUT2D eigenvalue weighted by Crippen LogP contribution is -2.37. The number of para-hydroxylation sites is 1. The summed E-state index contributed by atoms with van der Waals surface area (Å²) in [6.45, 7) is 2.90. The van der Waals surface area contributed by atoms with E-state index in [-0.39, 0.29) is 11.8 Å². The van der Waals surface area contributed by atoms with Gasteiger partial charge in [-0.05, 0) is 25.1 Å². The fourth-order valence-electron chi connectivity index (χ4n) is 2.12. The van der Waals surface area contributed by atoms with Gasteiger partial charge >= 0.3 is 0 Å². The molecule has 0 amide bonds. The van der Waals surface area contributed by atoms with Gasteiger partial charge in [-0.15, -0.1) is 11.3 Å². The van der Waals surface area contributed by atoms with Crippen molar-refractivity contribution < 1.29 is 8.42 Å². The SMILES string of the molecule is CCCNC(Cc1nc2ccccc2s1)CS(C)(=O)=O. The Balaban J connectivity index is 2.13. The molecule has 4 nitrogen and oxygen atoms in total. The molecule has 110 valence electrons. The molecule has 0 radical (unpaired) electrons. The summed E-state index contributed by atoms with van der Waals surface area (Å²) in [7, 11) is -2.99. The van der Waals surface area contributed by atoms with E-state index in [1.165, 1.54) is 6.26 Å². The van der Waals surface area contributed by atoms with Crippen molar-refractivity contribution in [2.45, 2.75) is 25.8 Å². The monoisotopic (exact) mass is 312 g/mol. The average Bonchev–Trinajstić information content (AvgIpc) is 2.76. The molecule has 1 aromatic heterocycles. The van der Waals surface area contributed by atoms with Crippen molar-refractivity contribution in [3.05, 3.63) is 29.3 Å². The zero-order valence-corrected chi connectivity index (χ0v) is 13.4. The fourth-order valence-corrected chi connectivity index (χ4v) is 4.14. The predicted octanol–water partition coefficient (Wildman–Crippen LogP) is 2.25. The van der Waals surface area contributed by atoms with Crippen LogP contribution in [0.15, 0.2) is 24.3 Å². The number of rotatable bonds is 7. The summed E-state index contributed by atoms with van der Waals surface area (Å²) in [6, 6.07) is 7.93. The van der Waals surface area contributed by atoms with Crippen molar-refractivity contribution in [3.8, 4) is 0 Å². The van der Waals surface area contributed by atoms with Crippen molar-refractivity contribution in [1.29, 1.82) is 0 Å². The molecule has 1 N–H and O–H groups in total. The van der Waals surface area contributed by atoms with Gasteiger partial charge in [0.25, 0.3) is 0 Å². The van der Waals surface area contributed by atoms with Crippen molar-refractivity contribution in [3.63, 3.8) is 0 Å². The van der Waals surface area contributed by atoms with Gasteiger partial charge in [0.15, 0.2) is 0 Å². The number of fused-ring (bicyclic) bond motifs is 1. The third-order valence-corrected chi connectivity index (χ3v) is 5.01. The van der Waals surface area contributed by atoms with Gasteiger partial charge in [-0.25, -0.2) is 13.4 Å². The van der Waals surface area contributed by atoms with Crippen LogP contribution < -0.4 is 5.32 Å². The minimum atomic E-state index is -2.99. The molecule has 0 fully saturated rings. The highest BCUT2D eigenvalue weighted by Gasteiger charge is 2.17. The molecule has 0 aliphatic carbocycles. The van der Waals surface area contributed by atoms with Gasteiger partial charge in [-0.1, -0.05) is 19.1 Å². The second kappa shape index (κ2) is 6.65. The van der Waals surface area contributed by atoms with E-state index in [0.717, 1.165) is 28.2 Å². The Morgan fingerprint density at radius 3 is 2.75 bits per heavy atom. The first kappa shape index (κ1) is 15.4. The van der Waals surface area contributed by atoms with Gasteiger partial charge in [-0.2, -0.15) is 0 Å². The minimum absolute atomic E-state index is 0.0643. The summed E-state index contributed by atoms with van der Waals surface area (Å²) in [6.07, 6.45) is 2.93. The smallest absolute Gasteiger partial charge is 0.148 e. The molecule has 1 atom stereocenters. The van der Waals surface area contributed by atoms with Crippen LogP contribution in [0.1, 0.15) is 18.4 Å². The number of hydrogen-bond acceptors (Lipinski definition) is 5. The van der Waals surface area contributed by atoms with Crippen LogP contribution in [0.2, 0.25) is 0 Å². The van der Waals surface area contributed by atoms with Crippen LogP contribution >= 0.6 is 11.3 Å². The molecule has 0 saturated carbocycles. The second-order valence-corrected chi connectivity index (χ2v) is 8.32. The molecule has 1 aromatic carbocycles. The summed E-state index contributed by atoms with van der Waals surface area (Å²) in [5.74, 6) is 0.156. The van der Waals surface area contributed by atoms with Crippen molar-refractivity contribution in [1.82, 2.24) is 10.3 Å². The van der Waals surface area contributed by atoms with Crippen LogP contribution in [0.5, 0.6) is 0 Å². The average molecular weight is 312 g/mol. The quantitative estimate of drug-likeness (QED) is 0.852. The predicted molar refractivity (Wildman–Crippen MR) is 85.1 cm³/mol. The zero-order chi connectivity index (χ0) is 14.6. The summed E-state index contributed by atoms with van der Waals surface area (Å²) in [4.78, 5) is 4.57. The van der Waals surface area contributed by atoms with E-state index in [9.17, 15) is 8.42 Å². The number of thiazole rings is 1. The summed E-state index contributed by atoms with van der Waals surface area (Å²) >= 11 is 1.64. The van der Waals surface area contributed by atoms with Gasteiger partial charge in [0.1, 0.15) is 9.84 Å². The van der Waals surface area contributed by atoms with Gasteiger partial charge in [-0.3, -0.25) is 0 Å². The van der Waals surface area contributed by atoms with E-state index < -0.39 is 9.84 Å². The first-order chi connectivity index (χ1) is 9.48. The van der Waals surface area contributed by atoms with Crippen LogP contribution in [-0.4, -0.2) is 38.0 Å². The molecule has 6 heteroatoms. The second-order valence-electron chi connectivity index (χ2n) is 5.02. The van der Waals surface area contributed by atoms with Crippen LogP contribution in [0.4, 0.5) is 0 Å². The van der Waals surface area contributed by atoms with Crippen LogP contribution in [0, 0.1) is 0 Å². The minimum Gasteiger partial charge on any atom is -0.313 e. The number of nitrogens with one attached hydrogen (secondary N) is 1. The largest absolute Gasteiger partial charge is 0.313 e. The maximum Gasteiger partial charge on any atom is 0.148 e. The number of hydrogen-bond donors (Lipinski definition) is 1. The van der Waals surface area contributed by atoms with Gasteiger partial charge in [0.2, 0.25) is 0 Å². The van der Waals surface area contributed by atoms with Crippen LogP contribution in [-0.2, 0) is 16.3 Å². The molecule has 0 aliphatic rings. The standard InChI is InChI=1S/C14H20N2O2S2/c1-3-8-15-11(10-20(2,17)18)9-14-16-12-6-4-5-7-13(12)19-14/h4-7,11,15H,3,8-10H2,1-2H3. The number of sulfone groups is 1. The molecule has 20 heavy (non-hydrogen) atoms. The van der Waals surface area contributed by atoms with Crippen molar-refractivity contribution in [2.75, 3.05) is 18.6 Å². The molecule has 0 aliphatic heterocycles. The van der Waals surface area contributed by atoms with Crippen LogP contribution in [0.3, 0.4) is 0 Å². The molecular formula is C14H20N2O2S2. The molecule has 0 saturated heterocycles. The lowest BCUT2D eigenvalue weighted by molar-refractivity contribution is 0.530. The van der Waals surface area contributed by atoms with Crippen molar-refractivity contribution in [2.24, 2.45) is 0 Å².